The smallest absolute Gasteiger partial charge is 0.0686 e. The van der Waals surface area contributed by atoms with Gasteiger partial charge in [0.05, 0.1) is 6.04 Å². The number of nitrogen functional groups attached to an aromatic ring is 1. The van der Waals surface area contributed by atoms with Gasteiger partial charge in [0.15, 0.2) is 0 Å². The van der Waals surface area contributed by atoms with E-state index in [2.05, 4.69) is 18.2 Å². The predicted octanol–water partition coefficient (Wildman–Crippen LogP) is 1.77. The zero-order valence-corrected chi connectivity index (χ0v) is 8.46. The standard InChI is InChI=1S/C12H16N2/c1-3-11(4-2)14-9-10-7-5-6-8-12(10)13/h1,5-8,11,14H,4,9,13H2,2H3. The lowest BCUT2D eigenvalue weighted by atomic mass is 10.1. The van der Waals surface area contributed by atoms with E-state index >= 15 is 0 Å². The van der Waals surface area contributed by atoms with Crippen molar-refractivity contribution >= 4 is 5.69 Å². The zero-order chi connectivity index (χ0) is 10.4. The van der Waals surface area contributed by atoms with Gasteiger partial charge in [-0.25, -0.2) is 0 Å². The van der Waals surface area contributed by atoms with Crippen LogP contribution < -0.4 is 11.1 Å². The molecule has 1 aromatic carbocycles. The highest BCUT2D eigenvalue weighted by atomic mass is 14.9. The highest BCUT2D eigenvalue weighted by Gasteiger charge is 2.02. The molecular weight excluding hydrogens is 172 g/mol. The third-order valence-electron chi connectivity index (χ3n) is 2.20. The van der Waals surface area contributed by atoms with Gasteiger partial charge in [-0.2, -0.15) is 0 Å². The Hall–Kier alpha value is -1.46. The second-order valence-corrected chi connectivity index (χ2v) is 3.21. The molecule has 3 N–H and O–H groups in total. The van der Waals surface area contributed by atoms with Gasteiger partial charge in [-0.05, 0) is 18.1 Å². The van der Waals surface area contributed by atoms with Gasteiger partial charge >= 0.3 is 0 Å². The minimum absolute atomic E-state index is 0.134. The van der Waals surface area contributed by atoms with Gasteiger partial charge in [0.1, 0.15) is 0 Å². The van der Waals surface area contributed by atoms with Crippen molar-refractivity contribution in [2.75, 3.05) is 5.73 Å². The lowest BCUT2D eigenvalue weighted by molar-refractivity contribution is 0.593. The van der Waals surface area contributed by atoms with E-state index in [-0.39, 0.29) is 6.04 Å². The molecule has 0 saturated heterocycles. The summed E-state index contributed by atoms with van der Waals surface area (Å²) in [6.45, 7) is 2.79. The van der Waals surface area contributed by atoms with Gasteiger partial charge in [-0.3, -0.25) is 5.32 Å². The van der Waals surface area contributed by atoms with Crippen LogP contribution >= 0.6 is 0 Å². The molecule has 0 saturated carbocycles. The first kappa shape index (κ1) is 10.6. The van der Waals surface area contributed by atoms with Crippen molar-refractivity contribution in [1.29, 1.82) is 0 Å². The summed E-state index contributed by atoms with van der Waals surface area (Å²) < 4.78 is 0. The molecule has 14 heavy (non-hydrogen) atoms. The van der Waals surface area contributed by atoms with Crippen molar-refractivity contribution in [3.8, 4) is 12.3 Å². The Balaban J connectivity index is 2.54. The second kappa shape index (κ2) is 5.31. The Bertz CT molecular complexity index is 325. The Morgan fingerprint density at radius 3 is 2.79 bits per heavy atom. The summed E-state index contributed by atoms with van der Waals surface area (Å²) in [5.74, 6) is 2.69. The maximum atomic E-state index is 5.80. The number of terminal acetylenes is 1. The number of nitrogens with one attached hydrogen (secondary N) is 1. The maximum Gasteiger partial charge on any atom is 0.0686 e. The SMILES string of the molecule is C#CC(CC)NCc1ccccc1N. The van der Waals surface area contributed by atoms with E-state index < -0.39 is 0 Å². The number of para-hydroxylation sites is 1. The molecule has 0 aliphatic carbocycles. The monoisotopic (exact) mass is 188 g/mol. The van der Waals surface area contributed by atoms with E-state index in [1.54, 1.807) is 0 Å². The van der Waals surface area contributed by atoms with E-state index in [1.165, 1.54) is 0 Å². The molecule has 0 aliphatic rings. The first-order valence-corrected chi connectivity index (χ1v) is 4.80. The van der Waals surface area contributed by atoms with Crippen LogP contribution in [0.25, 0.3) is 0 Å². The molecule has 2 heteroatoms. The average Bonchev–Trinajstić information content (AvgIpc) is 2.22. The number of hydrogen-bond donors (Lipinski definition) is 2. The van der Waals surface area contributed by atoms with Crippen molar-refractivity contribution in [3.63, 3.8) is 0 Å². The van der Waals surface area contributed by atoms with Crippen LogP contribution in [0.3, 0.4) is 0 Å². The largest absolute Gasteiger partial charge is 0.398 e. The van der Waals surface area contributed by atoms with E-state index in [0.717, 1.165) is 24.2 Å². The molecule has 0 bridgehead atoms. The predicted molar refractivity (Wildman–Crippen MR) is 60.6 cm³/mol. The molecule has 1 atom stereocenters. The summed E-state index contributed by atoms with van der Waals surface area (Å²) in [5.41, 5.74) is 7.71. The van der Waals surface area contributed by atoms with Crippen LogP contribution in [0, 0.1) is 12.3 Å². The fourth-order valence-corrected chi connectivity index (χ4v) is 1.25. The normalized spacial score (nSPS) is 12.0. The molecule has 0 aliphatic heterocycles. The maximum absolute atomic E-state index is 5.80. The summed E-state index contributed by atoms with van der Waals surface area (Å²) >= 11 is 0. The zero-order valence-electron chi connectivity index (χ0n) is 8.46. The number of hydrogen-bond acceptors (Lipinski definition) is 2. The molecule has 0 heterocycles. The van der Waals surface area contributed by atoms with Gasteiger partial charge in [-0.1, -0.05) is 31.0 Å². The Morgan fingerprint density at radius 2 is 2.21 bits per heavy atom. The molecule has 1 aromatic rings. The highest BCUT2D eigenvalue weighted by molar-refractivity contribution is 5.46. The third-order valence-corrected chi connectivity index (χ3v) is 2.20. The van der Waals surface area contributed by atoms with Crippen LogP contribution in [-0.2, 0) is 6.54 Å². The molecule has 1 rings (SSSR count). The molecule has 0 fully saturated rings. The number of rotatable bonds is 4. The lowest BCUT2D eigenvalue weighted by Gasteiger charge is -2.11. The number of nitrogens with two attached hydrogens (primary N) is 1. The summed E-state index contributed by atoms with van der Waals surface area (Å²) in [6.07, 6.45) is 6.28. The van der Waals surface area contributed by atoms with Gasteiger partial charge < -0.3 is 5.73 Å². The van der Waals surface area contributed by atoms with E-state index in [4.69, 9.17) is 12.2 Å². The van der Waals surface area contributed by atoms with E-state index in [1.807, 2.05) is 24.3 Å². The van der Waals surface area contributed by atoms with Crippen molar-refractivity contribution in [3.05, 3.63) is 29.8 Å². The minimum atomic E-state index is 0.134. The fraction of sp³-hybridized carbons (Fsp3) is 0.333. The van der Waals surface area contributed by atoms with Crippen molar-refractivity contribution in [2.24, 2.45) is 0 Å². The topological polar surface area (TPSA) is 38.0 Å². The van der Waals surface area contributed by atoms with Crippen LogP contribution in [0.1, 0.15) is 18.9 Å². The summed E-state index contributed by atoms with van der Waals surface area (Å²) in [4.78, 5) is 0. The first-order chi connectivity index (χ1) is 6.77. The van der Waals surface area contributed by atoms with Crippen LogP contribution in [0.15, 0.2) is 24.3 Å². The van der Waals surface area contributed by atoms with Crippen molar-refractivity contribution in [2.45, 2.75) is 25.9 Å². The van der Waals surface area contributed by atoms with Gasteiger partial charge in [-0.15, -0.1) is 6.42 Å². The Labute approximate surface area is 85.5 Å². The second-order valence-electron chi connectivity index (χ2n) is 3.21. The highest BCUT2D eigenvalue weighted by Crippen LogP contribution is 2.10. The fourth-order valence-electron chi connectivity index (χ4n) is 1.25. The van der Waals surface area contributed by atoms with E-state index in [9.17, 15) is 0 Å². The number of anilines is 1. The molecule has 2 nitrogen and oxygen atoms in total. The summed E-state index contributed by atoms with van der Waals surface area (Å²) in [6, 6.07) is 7.94. The number of benzene rings is 1. The van der Waals surface area contributed by atoms with Crippen LogP contribution in [0.2, 0.25) is 0 Å². The molecule has 0 amide bonds. The Morgan fingerprint density at radius 1 is 1.50 bits per heavy atom. The summed E-state index contributed by atoms with van der Waals surface area (Å²) in [7, 11) is 0. The minimum Gasteiger partial charge on any atom is -0.398 e. The molecule has 0 radical (unpaired) electrons. The molecule has 1 unspecified atom stereocenters. The Kier molecular flexibility index (Phi) is 4.03. The van der Waals surface area contributed by atoms with Crippen LogP contribution in [-0.4, -0.2) is 6.04 Å². The van der Waals surface area contributed by atoms with Gasteiger partial charge in [0, 0.05) is 12.2 Å². The third kappa shape index (κ3) is 2.79. The molecule has 0 aromatic heterocycles. The van der Waals surface area contributed by atoms with Crippen LogP contribution in [0.5, 0.6) is 0 Å². The van der Waals surface area contributed by atoms with Gasteiger partial charge in [0.2, 0.25) is 0 Å². The molecular formula is C12H16N2. The average molecular weight is 188 g/mol. The molecule has 0 spiro atoms. The van der Waals surface area contributed by atoms with Crippen molar-refractivity contribution in [1.82, 2.24) is 5.32 Å². The lowest BCUT2D eigenvalue weighted by Crippen LogP contribution is -2.26. The summed E-state index contributed by atoms with van der Waals surface area (Å²) in [5, 5.41) is 3.26. The van der Waals surface area contributed by atoms with Crippen molar-refractivity contribution < 1.29 is 0 Å². The van der Waals surface area contributed by atoms with Gasteiger partial charge in [0.25, 0.3) is 0 Å². The quantitative estimate of drug-likeness (QED) is 0.558. The first-order valence-electron chi connectivity index (χ1n) is 4.80. The van der Waals surface area contributed by atoms with Crippen LogP contribution in [0.4, 0.5) is 5.69 Å². The van der Waals surface area contributed by atoms with E-state index in [0.29, 0.717) is 0 Å². The molecule has 74 valence electrons.